The van der Waals surface area contributed by atoms with Gasteiger partial charge in [0.1, 0.15) is 0 Å². The minimum Gasteiger partial charge on any atom is -0.378 e. The van der Waals surface area contributed by atoms with Crippen LogP contribution in [0.15, 0.2) is 24.3 Å². The fourth-order valence-electron chi connectivity index (χ4n) is 1.52. The minimum atomic E-state index is 0.758. The molecule has 1 aliphatic rings. The van der Waals surface area contributed by atoms with Crippen LogP contribution in [0, 0.1) is 3.57 Å². The largest absolute Gasteiger partial charge is 0.378 e. The van der Waals surface area contributed by atoms with Crippen LogP contribution in [-0.2, 0) is 4.74 Å². The summed E-state index contributed by atoms with van der Waals surface area (Å²) in [4.78, 5) is 2.14. The SMILES string of the molecule is S=C(Nc1ccccc1I)N1CCOCC1. The van der Waals surface area contributed by atoms with Crippen LogP contribution in [0.1, 0.15) is 0 Å². The third-order valence-corrected chi connectivity index (χ3v) is 3.71. The van der Waals surface area contributed by atoms with Crippen LogP contribution in [0.2, 0.25) is 0 Å². The molecule has 1 heterocycles. The summed E-state index contributed by atoms with van der Waals surface area (Å²) in [5, 5.41) is 4.06. The summed E-state index contributed by atoms with van der Waals surface area (Å²) in [5.41, 5.74) is 1.07. The number of nitrogens with zero attached hydrogens (tertiary/aromatic N) is 1. The fraction of sp³-hybridized carbons (Fsp3) is 0.364. The summed E-state index contributed by atoms with van der Waals surface area (Å²) in [7, 11) is 0. The van der Waals surface area contributed by atoms with Gasteiger partial charge in [0.2, 0.25) is 0 Å². The van der Waals surface area contributed by atoms with Gasteiger partial charge in [-0.1, -0.05) is 12.1 Å². The van der Waals surface area contributed by atoms with E-state index in [1.165, 1.54) is 3.57 Å². The number of anilines is 1. The van der Waals surface area contributed by atoms with Crippen LogP contribution in [-0.4, -0.2) is 36.3 Å². The zero-order chi connectivity index (χ0) is 11.4. The molecule has 0 aromatic heterocycles. The standard InChI is InChI=1S/C11H13IN2OS/c12-9-3-1-2-4-10(9)13-11(16)14-5-7-15-8-6-14/h1-4H,5-8H2,(H,13,16). The van der Waals surface area contributed by atoms with Crippen molar-refractivity contribution >= 4 is 45.6 Å². The van der Waals surface area contributed by atoms with E-state index in [4.69, 9.17) is 17.0 Å². The molecule has 16 heavy (non-hydrogen) atoms. The molecule has 0 amide bonds. The van der Waals surface area contributed by atoms with E-state index >= 15 is 0 Å². The number of hydrogen-bond donors (Lipinski definition) is 1. The van der Waals surface area contributed by atoms with Crippen LogP contribution in [0.4, 0.5) is 5.69 Å². The van der Waals surface area contributed by atoms with Crippen molar-refractivity contribution in [2.75, 3.05) is 31.6 Å². The smallest absolute Gasteiger partial charge is 0.173 e. The van der Waals surface area contributed by atoms with Crippen LogP contribution >= 0.6 is 34.8 Å². The number of ether oxygens (including phenoxy) is 1. The lowest BCUT2D eigenvalue weighted by Gasteiger charge is -2.29. The molecule has 1 saturated heterocycles. The maximum absolute atomic E-state index is 5.37. The highest BCUT2D eigenvalue weighted by Crippen LogP contribution is 2.17. The van der Waals surface area contributed by atoms with E-state index < -0.39 is 0 Å². The second-order valence-electron chi connectivity index (χ2n) is 3.51. The third kappa shape index (κ3) is 3.05. The van der Waals surface area contributed by atoms with Gasteiger partial charge in [0.15, 0.2) is 5.11 Å². The topological polar surface area (TPSA) is 24.5 Å². The van der Waals surface area contributed by atoms with Crippen molar-refractivity contribution < 1.29 is 4.74 Å². The van der Waals surface area contributed by atoms with Crippen molar-refractivity contribution in [1.82, 2.24) is 4.90 Å². The molecule has 86 valence electrons. The van der Waals surface area contributed by atoms with Gasteiger partial charge in [-0.3, -0.25) is 0 Å². The first-order chi connectivity index (χ1) is 7.77. The highest BCUT2D eigenvalue weighted by atomic mass is 127. The summed E-state index contributed by atoms with van der Waals surface area (Å²) >= 11 is 7.67. The second kappa shape index (κ2) is 5.79. The molecule has 0 unspecified atom stereocenters. The van der Waals surface area contributed by atoms with Gasteiger partial charge < -0.3 is 15.0 Å². The number of rotatable bonds is 1. The van der Waals surface area contributed by atoms with Gasteiger partial charge in [0, 0.05) is 16.7 Å². The van der Waals surface area contributed by atoms with Crippen LogP contribution in [0.3, 0.4) is 0 Å². The molecule has 0 spiro atoms. The summed E-state index contributed by atoms with van der Waals surface area (Å²) < 4.78 is 6.47. The monoisotopic (exact) mass is 348 g/mol. The van der Waals surface area contributed by atoms with E-state index in [0.29, 0.717) is 0 Å². The molecule has 1 aromatic carbocycles. The summed E-state index contributed by atoms with van der Waals surface area (Å²) in [6, 6.07) is 8.12. The molecule has 0 radical (unpaired) electrons. The molecule has 0 saturated carbocycles. The predicted molar refractivity (Wildman–Crippen MR) is 77.8 cm³/mol. The Morgan fingerprint density at radius 1 is 1.31 bits per heavy atom. The Labute approximate surface area is 114 Å². The highest BCUT2D eigenvalue weighted by Gasteiger charge is 2.13. The zero-order valence-corrected chi connectivity index (χ0v) is 11.8. The Bertz CT molecular complexity index is 380. The second-order valence-corrected chi connectivity index (χ2v) is 5.06. The number of nitrogens with one attached hydrogen (secondary N) is 1. The molecule has 0 aliphatic carbocycles. The molecule has 0 atom stereocenters. The van der Waals surface area contributed by atoms with Gasteiger partial charge in [0.05, 0.1) is 18.9 Å². The predicted octanol–water partition coefficient (Wildman–Crippen LogP) is 2.32. The average molecular weight is 348 g/mol. The number of para-hydroxylation sites is 1. The number of thiocarbonyl (C=S) groups is 1. The summed E-state index contributed by atoms with van der Waals surface area (Å²) in [6.07, 6.45) is 0. The maximum atomic E-state index is 5.37. The van der Waals surface area contributed by atoms with Crippen molar-refractivity contribution in [2.45, 2.75) is 0 Å². The van der Waals surface area contributed by atoms with Crippen molar-refractivity contribution in [3.05, 3.63) is 27.8 Å². The minimum absolute atomic E-state index is 0.758. The van der Waals surface area contributed by atoms with Crippen molar-refractivity contribution in [3.8, 4) is 0 Å². The van der Waals surface area contributed by atoms with Gasteiger partial charge in [0.25, 0.3) is 0 Å². The van der Waals surface area contributed by atoms with E-state index in [1.807, 2.05) is 18.2 Å². The van der Waals surface area contributed by atoms with E-state index in [9.17, 15) is 0 Å². The number of benzene rings is 1. The first-order valence-corrected chi connectivity index (χ1v) is 6.64. The van der Waals surface area contributed by atoms with Gasteiger partial charge in [-0.15, -0.1) is 0 Å². The molecular formula is C11H13IN2OS. The van der Waals surface area contributed by atoms with E-state index in [1.54, 1.807) is 0 Å². The fourth-order valence-corrected chi connectivity index (χ4v) is 2.34. The summed E-state index contributed by atoms with van der Waals surface area (Å²) in [6.45, 7) is 3.26. The lowest BCUT2D eigenvalue weighted by atomic mass is 10.3. The lowest BCUT2D eigenvalue weighted by Crippen LogP contribution is -2.42. The molecule has 1 N–H and O–H groups in total. The first kappa shape index (κ1) is 12.1. The van der Waals surface area contributed by atoms with Crippen LogP contribution in [0.5, 0.6) is 0 Å². The molecule has 5 heteroatoms. The number of hydrogen-bond acceptors (Lipinski definition) is 2. The maximum Gasteiger partial charge on any atom is 0.173 e. The molecule has 0 bridgehead atoms. The van der Waals surface area contributed by atoms with Gasteiger partial charge in [-0.25, -0.2) is 0 Å². The van der Waals surface area contributed by atoms with E-state index in [0.717, 1.165) is 37.1 Å². The molecule has 1 aromatic rings. The van der Waals surface area contributed by atoms with Gasteiger partial charge in [-0.2, -0.15) is 0 Å². The molecule has 1 fully saturated rings. The Hall–Kier alpha value is -0.400. The van der Waals surface area contributed by atoms with E-state index in [2.05, 4.69) is 38.9 Å². The highest BCUT2D eigenvalue weighted by molar-refractivity contribution is 14.1. The summed E-state index contributed by atoms with van der Waals surface area (Å²) in [5.74, 6) is 0. The number of morpholine rings is 1. The molecule has 2 rings (SSSR count). The van der Waals surface area contributed by atoms with Crippen molar-refractivity contribution in [1.29, 1.82) is 0 Å². The van der Waals surface area contributed by atoms with Gasteiger partial charge >= 0.3 is 0 Å². The van der Waals surface area contributed by atoms with Crippen LogP contribution < -0.4 is 5.32 Å². The van der Waals surface area contributed by atoms with Gasteiger partial charge in [-0.05, 0) is 46.9 Å². The van der Waals surface area contributed by atoms with E-state index in [-0.39, 0.29) is 0 Å². The lowest BCUT2D eigenvalue weighted by molar-refractivity contribution is 0.0690. The van der Waals surface area contributed by atoms with Crippen molar-refractivity contribution in [2.24, 2.45) is 0 Å². The zero-order valence-electron chi connectivity index (χ0n) is 8.78. The van der Waals surface area contributed by atoms with Crippen molar-refractivity contribution in [3.63, 3.8) is 0 Å². The molecular weight excluding hydrogens is 335 g/mol. The third-order valence-electron chi connectivity index (χ3n) is 2.41. The van der Waals surface area contributed by atoms with Crippen LogP contribution in [0.25, 0.3) is 0 Å². The average Bonchev–Trinajstić information content (AvgIpc) is 2.33. The number of halogens is 1. The molecule has 3 nitrogen and oxygen atoms in total. The normalized spacial score (nSPS) is 15.9. The quantitative estimate of drug-likeness (QED) is 0.622. The Kier molecular flexibility index (Phi) is 4.37. The first-order valence-electron chi connectivity index (χ1n) is 5.15. The Morgan fingerprint density at radius 2 is 2.00 bits per heavy atom. The Balaban J connectivity index is 1.99. The Morgan fingerprint density at radius 3 is 2.69 bits per heavy atom. The molecule has 1 aliphatic heterocycles.